The molecular weight excluding hydrogens is 320 g/mol. The molecule has 0 bridgehead atoms. The van der Waals surface area contributed by atoms with Gasteiger partial charge in [0.05, 0.1) is 6.54 Å². The van der Waals surface area contributed by atoms with Gasteiger partial charge in [0.25, 0.3) is 11.8 Å². The van der Waals surface area contributed by atoms with Gasteiger partial charge in [-0.25, -0.2) is 8.78 Å². The van der Waals surface area contributed by atoms with Gasteiger partial charge in [0.15, 0.2) is 0 Å². The third-order valence-electron chi connectivity index (χ3n) is 5.47. The maximum Gasteiger partial charge on any atom is 0.270 e. The monoisotopic (exact) mass is 341 g/mol. The summed E-state index contributed by atoms with van der Waals surface area (Å²) in [6.45, 7) is 3.33. The summed E-state index contributed by atoms with van der Waals surface area (Å²) in [4.78, 5) is 14.4. The molecule has 130 valence electrons. The van der Waals surface area contributed by atoms with Gasteiger partial charge in [0.2, 0.25) is 0 Å². The summed E-state index contributed by atoms with van der Waals surface area (Å²) in [7, 11) is 0. The molecule has 2 aromatic rings. The van der Waals surface area contributed by atoms with Crippen LogP contribution in [0.1, 0.15) is 59.7 Å². The lowest BCUT2D eigenvalue weighted by Gasteiger charge is -2.33. The van der Waals surface area contributed by atoms with Crippen molar-refractivity contribution in [2.45, 2.75) is 45.1 Å². The van der Waals surface area contributed by atoms with Crippen molar-refractivity contribution in [1.29, 1.82) is 0 Å². The Balaban J connectivity index is 1.67. The summed E-state index contributed by atoms with van der Waals surface area (Å²) >= 11 is 0. The van der Waals surface area contributed by atoms with Gasteiger partial charge in [0, 0.05) is 23.7 Å². The molecule has 1 heterocycles. The largest absolute Gasteiger partial charge is 0.304 e. The number of carbonyl (C=O) groups excluding carboxylic acids is 1. The van der Waals surface area contributed by atoms with E-state index >= 15 is 0 Å². The predicted octanol–water partition coefficient (Wildman–Crippen LogP) is 5.47. The highest BCUT2D eigenvalue weighted by Crippen LogP contribution is 2.43. The number of anilines is 1. The lowest BCUT2D eigenvalue weighted by Crippen LogP contribution is -2.24. The smallest absolute Gasteiger partial charge is 0.270 e. The molecule has 1 aliphatic heterocycles. The first kappa shape index (κ1) is 16.2. The summed E-state index contributed by atoms with van der Waals surface area (Å²) in [5.74, 6) is -1.85. The number of hydrogen-bond acceptors (Lipinski definition) is 1. The first-order valence-electron chi connectivity index (χ1n) is 8.76. The number of benzene rings is 2. The number of carbonyl (C=O) groups is 1. The van der Waals surface area contributed by atoms with E-state index in [1.807, 2.05) is 18.2 Å². The number of alkyl halides is 2. The molecule has 2 nitrogen and oxygen atoms in total. The van der Waals surface area contributed by atoms with Crippen LogP contribution in [0.25, 0.3) is 0 Å². The first-order valence-corrected chi connectivity index (χ1v) is 8.76. The molecule has 0 atom stereocenters. The average molecular weight is 341 g/mol. The van der Waals surface area contributed by atoms with E-state index in [-0.39, 0.29) is 18.0 Å². The fourth-order valence-electron chi connectivity index (χ4n) is 4.07. The van der Waals surface area contributed by atoms with Crippen molar-refractivity contribution < 1.29 is 13.6 Å². The van der Waals surface area contributed by atoms with Crippen molar-refractivity contribution in [3.8, 4) is 0 Å². The Morgan fingerprint density at radius 1 is 1.12 bits per heavy atom. The molecule has 0 aromatic heterocycles. The number of rotatable bonds is 3. The summed E-state index contributed by atoms with van der Waals surface area (Å²) in [5, 5.41) is 0. The molecule has 0 unspecified atom stereocenters. The Morgan fingerprint density at radius 3 is 2.52 bits per heavy atom. The van der Waals surface area contributed by atoms with Crippen molar-refractivity contribution in [1.82, 2.24) is 0 Å². The topological polar surface area (TPSA) is 20.3 Å². The number of nitrogens with zero attached hydrogens (tertiary/aromatic N) is 1. The Bertz CT molecular complexity index is 834. The van der Waals surface area contributed by atoms with Gasteiger partial charge in [0.1, 0.15) is 0 Å². The quantitative estimate of drug-likeness (QED) is 0.725. The maximum absolute atomic E-state index is 13.9. The fraction of sp³-hybridized carbons (Fsp3) is 0.381. The van der Waals surface area contributed by atoms with Crippen LogP contribution in [0.5, 0.6) is 0 Å². The Morgan fingerprint density at radius 2 is 1.84 bits per heavy atom. The van der Waals surface area contributed by atoms with Gasteiger partial charge in [-0.1, -0.05) is 31.2 Å². The minimum atomic E-state index is -2.95. The molecule has 4 rings (SSSR count). The Hall–Kier alpha value is -2.23. The molecule has 2 aliphatic rings. The van der Waals surface area contributed by atoms with Crippen molar-refractivity contribution in [3.05, 3.63) is 64.7 Å². The van der Waals surface area contributed by atoms with Crippen molar-refractivity contribution >= 4 is 11.6 Å². The van der Waals surface area contributed by atoms with E-state index in [1.54, 1.807) is 17.0 Å². The fourth-order valence-corrected chi connectivity index (χ4v) is 4.07. The van der Waals surface area contributed by atoms with E-state index in [0.717, 1.165) is 18.5 Å². The molecule has 25 heavy (non-hydrogen) atoms. The van der Waals surface area contributed by atoms with Crippen LogP contribution < -0.4 is 4.90 Å². The molecular formula is C21H21F2NO. The molecule has 1 saturated carbocycles. The molecule has 1 fully saturated rings. The van der Waals surface area contributed by atoms with Crippen LogP contribution in [-0.2, 0) is 12.5 Å². The van der Waals surface area contributed by atoms with Crippen LogP contribution >= 0.6 is 0 Å². The highest BCUT2D eigenvalue weighted by atomic mass is 19.3. The second-order valence-electron chi connectivity index (χ2n) is 7.48. The van der Waals surface area contributed by atoms with Gasteiger partial charge < -0.3 is 4.90 Å². The van der Waals surface area contributed by atoms with E-state index in [1.165, 1.54) is 24.5 Å². The van der Waals surface area contributed by atoms with E-state index < -0.39 is 5.92 Å². The molecule has 0 spiro atoms. The number of fused-ring (bicyclic) bond motifs is 1. The van der Waals surface area contributed by atoms with Crippen molar-refractivity contribution in [2.75, 3.05) is 4.90 Å². The zero-order chi connectivity index (χ0) is 17.8. The van der Waals surface area contributed by atoms with Gasteiger partial charge in [-0.2, -0.15) is 0 Å². The van der Waals surface area contributed by atoms with Crippen LogP contribution in [-0.4, -0.2) is 5.91 Å². The molecule has 1 amide bonds. The van der Waals surface area contributed by atoms with Gasteiger partial charge in [-0.15, -0.1) is 0 Å². The van der Waals surface area contributed by atoms with Gasteiger partial charge >= 0.3 is 0 Å². The van der Waals surface area contributed by atoms with Crippen LogP contribution in [0, 0.1) is 5.92 Å². The van der Waals surface area contributed by atoms with Crippen LogP contribution in [0.3, 0.4) is 0 Å². The number of halogens is 2. The minimum absolute atomic E-state index is 0.0511. The lowest BCUT2D eigenvalue weighted by atomic mass is 9.72. The van der Waals surface area contributed by atoms with Gasteiger partial charge in [-0.3, -0.25) is 4.79 Å². The highest BCUT2D eigenvalue weighted by molar-refractivity contribution is 6.10. The SMILES string of the molecule is CC1CC(c2cccc(N3Cc4c(cccc4C(C)(F)F)C3=O)c2)C1. The van der Waals surface area contributed by atoms with Crippen molar-refractivity contribution in [3.63, 3.8) is 0 Å². The molecule has 2 aromatic carbocycles. The number of hydrogen-bond donors (Lipinski definition) is 0. The first-order chi connectivity index (χ1) is 11.8. The predicted molar refractivity (Wildman–Crippen MR) is 94.1 cm³/mol. The summed E-state index contributed by atoms with van der Waals surface area (Å²) < 4.78 is 27.8. The second kappa shape index (κ2) is 5.65. The molecule has 1 aliphatic carbocycles. The molecule has 4 heteroatoms. The number of amides is 1. The zero-order valence-corrected chi connectivity index (χ0v) is 14.4. The maximum atomic E-state index is 13.9. The lowest BCUT2D eigenvalue weighted by molar-refractivity contribution is 0.0166. The average Bonchev–Trinajstić information content (AvgIpc) is 2.88. The van der Waals surface area contributed by atoms with Crippen molar-refractivity contribution in [2.24, 2.45) is 5.92 Å². The third kappa shape index (κ3) is 2.74. The standard InChI is InChI=1S/C21H21F2NO/c1-13-9-15(10-13)14-5-3-6-16(11-14)24-12-18-17(20(24)25)7-4-8-19(18)21(2,22)23/h3-8,11,13,15H,9-10,12H2,1-2H3. The normalized spacial score (nSPS) is 22.7. The van der Waals surface area contributed by atoms with Gasteiger partial charge in [-0.05, 0) is 54.0 Å². The van der Waals surface area contributed by atoms with E-state index in [2.05, 4.69) is 13.0 Å². The Kier molecular flexibility index (Phi) is 3.67. The third-order valence-corrected chi connectivity index (χ3v) is 5.47. The summed E-state index contributed by atoms with van der Waals surface area (Å²) in [6.07, 6.45) is 2.34. The highest BCUT2D eigenvalue weighted by Gasteiger charge is 2.37. The molecule has 0 radical (unpaired) electrons. The van der Waals surface area contributed by atoms with E-state index in [0.29, 0.717) is 17.0 Å². The van der Waals surface area contributed by atoms with E-state index in [9.17, 15) is 13.6 Å². The summed E-state index contributed by atoms with van der Waals surface area (Å²) in [5.41, 5.74) is 2.82. The molecule has 0 N–H and O–H groups in total. The Labute approximate surface area is 146 Å². The van der Waals surface area contributed by atoms with E-state index in [4.69, 9.17) is 0 Å². The van der Waals surface area contributed by atoms with Crippen LogP contribution in [0.15, 0.2) is 42.5 Å². The van der Waals surface area contributed by atoms with Crippen LogP contribution in [0.2, 0.25) is 0 Å². The summed E-state index contributed by atoms with van der Waals surface area (Å²) in [6, 6.07) is 12.6. The molecule has 0 saturated heterocycles. The minimum Gasteiger partial charge on any atom is -0.304 e. The van der Waals surface area contributed by atoms with Crippen LogP contribution in [0.4, 0.5) is 14.5 Å². The second-order valence-corrected chi connectivity index (χ2v) is 7.48. The zero-order valence-electron chi connectivity index (χ0n) is 14.4.